The van der Waals surface area contributed by atoms with Crippen LogP contribution in [0.4, 0.5) is 5.69 Å². The topological polar surface area (TPSA) is 38.9 Å². The molecule has 0 aliphatic rings. The highest BCUT2D eigenvalue weighted by molar-refractivity contribution is 7.99. The van der Waals surface area contributed by atoms with Crippen LogP contribution >= 0.6 is 35.0 Å². The Bertz CT molecular complexity index is 497. The second kappa shape index (κ2) is 4.95. The molecule has 0 spiro atoms. The van der Waals surface area contributed by atoms with Gasteiger partial charge in [-0.25, -0.2) is 4.98 Å². The summed E-state index contributed by atoms with van der Waals surface area (Å²) in [6.07, 6.45) is 1.68. The summed E-state index contributed by atoms with van der Waals surface area (Å²) in [7, 11) is 0. The molecule has 0 bridgehead atoms. The summed E-state index contributed by atoms with van der Waals surface area (Å²) < 4.78 is 0. The third-order valence-corrected chi connectivity index (χ3v) is 3.94. The number of nitrogen functional groups attached to an aromatic ring is 1. The molecule has 0 saturated heterocycles. The van der Waals surface area contributed by atoms with Crippen molar-refractivity contribution in [3.63, 3.8) is 0 Å². The van der Waals surface area contributed by atoms with Gasteiger partial charge >= 0.3 is 0 Å². The number of benzene rings is 1. The Balaban J connectivity index is 2.38. The SMILES string of the molecule is Nc1cccc(Cl)c1Sc1ncccc1Cl. The van der Waals surface area contributed by atoms with Crippen molar-refractivity contribution in [2.75, 3.05) is 5.73 Å². The molecule has 1 aromatic carbocycles. The molecule has 0 amide bonds. The minimum Gasteiger partial charge on any atom is -0.398 e. The number of anilines is 1. The Morgan fingerprint density at radius 1 is 1.06 bits per heavy atom. The predicted octanol–water partition coefficient (Wildman–Crippen LogP) is 4.12. The molecule has 0 radical (unpaired) electrons. The summed E-state index contributed by atoms with van der Waals surface area (Å²) >= 11 is 13.4. The van der Waals surface area contributed by atoms with Crippen molar-refractivity contribution in [3.8, 4) is 0 Å². The number of nitrogens with zero attached hydrogens (tertiary/aromatic N) is 1. The second-order valence-electron chi connectivity index (χ2n) is 3.05. The van der Waals surface area contributed by atoms with Gasteiger partial charge in [0.05, 0.1) is 14.9 Å². The van der Waals surface area contributed by atoms with Crippen molar-refractivity contribution in [1.82, 2.24) is 4.98 Å². The normalized spacial score (nSPS) is 10.4. The molecule has 2 aromatic rings. The highest BCUT2D eigenvalue weighted by atomic mass is 35.5. The van der Waals surface area contributed by atoms with Gasteiger partial charge in [0, 0.05) is 11.9 Å². The minimum absolute atomic E-state index is 0.590. The van der Waals surface area contributed by atoms with Gasteiger partial charge in [0.2, 0.25) is 0 Å². The van der Waals surface area contributed by atoms with Gasteiger partial charge in [-0.3, -0.25) is 0 Å². The summed E-state index contributed by atoms with van der Waals surface area (Å²) in [5.74, 6) is 0. The fraction of sp³-hybridized carbons (Fsp3) is 0. The van der Waals surface area contributed by atoms with Gasteiger partial charge in [0.15, 0.2) is 0 Å². The van der Waals surface area contributed by atoms with E-state index in [2.05, 4.69) is 4.98 Å². The number of aromatic nitrogens is 1. The number of hydrogen-bond acceptors (Lipinski definition) is 3. The van der Waals surface area contributed by atoms with Crippen molar-refractivity contribution in [3.05, 3.63) is 46.6 Å². The molecule has 1 heterocycles. The van der Waals surface area contributed by atoms with E-state index in [1.165, 1.54) is 11.8 Å². The van der Waals surface area contributed by atoms with Crippen LogP contribution in [0.2, 0.25) is 10.0 Å². The first-order valence-corrected chi connectivity index (χ1v) is 6.08. The van der Waals surface area contributed by atoms with E-state index in [1.54, 1.807) is 30.5 Å². The van der Waals surface area contributed by atoms with Gasteiger partial charge in [-0.1, -0.05) is 41.0 Å². The fourth-order valence-electron chi connectivity index (χ4n) is 1.18. The van der Waals surface area contributed by atoms with Crippen LogP contribution in [0.15, 0.2) is 46.5 Å². The van der Waals surface area contributed by atoms with Crippen LogP contribution in [-0.4, -0.2) is 4.98 Å². The van der Waals surface area contributed by atoms with Crippen LogP contribution in [0.5, 0.6) is 0 Å². The molecule has 2 N–H and O–H groups in total. The number of pyridine rings is 1. The summed E-state index contributed by atoms with van der Waals surface area (Å²) in [6, 6.07) is 8.95. The van der Waals surface area contributed by atoms with Crippen LogP contribution in [0.3, 0.4) is 0 Å². The van der Waals surface area contributed by atoms with Crippen molar-refractivity contribution < 1.29 is 0 Å². The molecule has 0 unspecified atom stereocenters. The maximum absolute atomic E-state index is 6.06. The fourth-order valence-corrected chi connectivity index (χ4v) is 2.53. The zero-order chi connectivity index (χ0) is 11.5. The number of nitrogens with two attached hydrogens (primary N) is 1. The monoisotopic (exact) mass is 270 g/mol. The van der Waals surface area contributed by atoms with E-state index in [9.17, 15) is 0 Å². The predicted molar refractivity (Wildman–Crippen MR) is 69.2 cm³/mol. The molecular weight excluding hydrogens is 263 g/mol. The zero-order valence-electron chi connectivity index (χ0n) is 8.15. The maximum atomic E-state index is 6.06. The van der Waals surface area contributed by atoms with Gasteiger partial charge in [-0.2, -0.15) is 0 Å². The van der Waals surface area contributed by atoms with E-state index in [1.807, 2.05) is 6.07 Å². The Kier molecular flexibility index (Phi) is 3.59. The Labute approximate surface area is 108 Å². The first-order valence-electron chi connectivity index (χ1n) is 4.51. The van der Waals surface area contributed by atoms with E-state index in [0.29, 0.717) is 20.8 Å². The minimum atomic E-state index is 0.590. The molecule has 2 rings (SSSR count). The average Bonchev–Trinajstić information content (AvgIpc) is 2.26. The van der Waals surface area contributed by atoms with E-state index < -0.39 is 0 Å². The molecule has 0 aliphatic heterocycles. The van der Waals surface area contributed by atoms with Crippen molar-refractivity contribution in [1.29, 1.82) is 0 Å². The molecule has 16 heavy (non-hydrogen) atoms. The lowest BCUT2D eigenvalue weighted by Crippen LogP contribution is -1.89. The smallest absolute Gasteiger partial charge is 0.119 e. The van der Waals surface area contributed by atoms with Gasteiger partial charge in [0.1, 0.15) is 5.03 Å². The largest absolute Gasteiger partial charge is 0.398 e. The highest BCUT2D eigenvalue weighted by Crippen LogP contribution is 2.38. The molecule has 82 valence electrons. The summed E-state index contributed by atoms with van der Waals surface area (Å²) in [6.45, 7) is 0. The first-order chi connectivity index (χ1) is 7.68. The molecule has 0 fully saturated rings. The lowest BCUT2D eigenvalue weighted by Gasteiger charge is -2.07. The summed E-state index contributed by atoms with van der Waals surface area (Å²) in [5.41, 5.74) is 6.47. The van der Waals surface area contributed by atoms with E-state index in [4.69, 9.17) is 28.9 Å². The molecule has 2 nitrogen and oxygen atoms in total. The molecule has 1 aromatic heterocycles. The van der Waals surface area contributed by atoms with E-state index in [0.717, 1.165) is 4.90 Å². The molecular formula is C11H8Cl2N2S. The Morgan fingerprint density at radius 3 is 2.50 bits per heavy atom. The molecule has 0 aliphatic carbocycles. The number of rotatable bonds is 2. The summed E-state index contributed by atoms with van der Waals surface area (Å²) in [4.78, 5) is 4.95. The Morgan fingerprint density at radius 2 is 1.81 bits per heavy atom. The lowest BCUT2D eigenvalue weighted by molar-refractivity contribution is 1.13. The van der Waals surface area contributed by atoms with Gasteiger partial charge in [0.25, 0.3) is 0 Å². The maximum Gasteiger partial charge on any atom is 0.119 e. The van der Waals surface area contributed by atoms with Crippen LogP contribution in [-0.2, 0) is 0 Å². The van der Waals surface area contributed by atoms with Crippen LogP contribution < -0.4 is 5.73 Å². The van der Waals surface area contributed by atoms with Crippen LogP contribution in [0.1, 0.15) is 0 Å². The summed E-state index contributed by atoms with van der Waals surface area (Å²) in [5, 5.41) is 1.89. The average molecular weight is 271 g/mol. The van der Waals surface area contributed by atoms with E-state index in [-0.39, 0.29) is 0 Å². The van der Waals surface area contributed by atoms with Gasteiger partial charge in [-0.05, 0) is 24.3 Å². The molecule has 0 atom stereocenters. The standard InChI is InChI=1S/C11H8Cl2N2S/c12-7-3-1-5-9(14)10(7)16-11-8(13)4-2-6-15-11/h1-6H,14H2. The highest BCUT2D eigenvalue weighted by Gasteiger charge is 2.09. The third kappa shape index (κ3) is 2.43. The quantitative estimate of drug-likeness (QED) is 0.835. The van der Waals surface area contributed by atoms with Gasteiger partial charge < -0.3 is 5.73 Å². The molecule has 5 heteroatoms. The number of hydrogen-bond donors (Lipinski definition) is 1. The number of halogens is 2. The Hall–Kier alpha value is -0.900. The lowest BCUT2D eigenvalue weighted by atomic mass is 10.3. The second-order valence-corrected chi connectivity index (χ2v) is 4.86. The zero-order valence-corrected chi connectivity index (χ0v) is 10.5. The van der Waals surface area contributed by atoms with Crippen molar-refractivity contribution in [2.24, 2.45) is 0 Å². The van der Waals surface area contributed by atoms with Crippen LogP contribution in [0.25, 0.3) is 0 Å². The van der Waals surface area contributed by atoms with E-state index >= 15 is 0 Å². The van der Waals surface area contributed by atoms with Crippen molar-refractivity contribution >= 4 is 40.7 Å². The molecule has 0 saturated carbocycles. The third-order valence-electron chi connectivity index (χ3n) is 1.92. The first kappa shape index (κ1) is 11.6. The van der Waals surface area contributed by atoms with Crippen LogP contribution in [0, 0.1) is 0 Å². The van der Waals surface area contributed by atoms with Gasteiger partial charge in [-0.15, -0.1) is 0 Å². The van der Waals surface area contributed by atoms with Crippen molar-refractivity contribution in [2.45, 2.75) is 9.92 Å².